The molecule has 0 heterocycles. The maximum Gasteiger partial charge on any atom is 0.0602 e. The molecule has 0 aliphatic heterocycles. The van der Waals surface area contributed by atoms with Crippen LogP contribution in [0.15, 0.2) is 0 Å². The Labute approximate surface area is 194 Å². The Bertz CT molecular complexity index is 656. The minimum absolute atomic E-state index is 0.00915. The molecule has 32 heavy (non-hydrogen) atoms. The number of rotatable bonds is 6. The van der Waals surface area contributed by atoms with Crippen LogP contribution in [0.5, 0.6) is 0 Å². The van der Waals surface area contributed by atoms with E-state index in [4.69, 9.17) is 0 Å². The predicted octanol–water partition coefficient (Wildman–Crippen LogP) is 3.35. The van der Waals surface area contributed by atoms with Crippen molar-refractivity contribution in [1.29, 1.82) is 0 Å². The number of aliphatic hydroxyl groups is 5. The maximum absolute atomic E-state index is 11.6. The van der Waals surface area contributed by atoms with Crippen LogP contribution in [-0.2, 0) is 0 Å². The fourth-order valence-electron chi connectivity index (χ4n) is 9.17. The molecule has 1 unspecified atom stereocenters. The molecule has 0 aromatic heterocycles. The van der Waals surface area contributed by atoms with Crippen molar-refractivity contribution in [1.82, 2.24) is 0 Å². The van der Waals surface area contributed by atoms with Crippen molar-refractivity contribution in [3.05, 3.63) is 0 Å². The van der Waals surface area contributed by atoms with Gasteiger partial charge in [-0.3, -0.25) is 0 Å². The first-order valence-electron chi connectivity index (χ1n) is 13.4. The minimum Gasteiger partial charge on any atom is -0.396 e. The molecule has 4 aliphatic carbocycles. The molecule has 0 saturated heterocycles. The molecule has 0 aromatic rings. The Morgan fingerprint density at radius 2 is 1.62 bits per heavy atom. The lowest BCUT2D eigenvalue weighted by Gasteiger charge is -2.63. The Morgan fingerprint density at radius 1 is 0.906 bits per heavy atom. The third-order valence-corrected chi connectivity index (χ3v) is 11.4. The maximum atomic E-state index is 11.6. The Balaban J connectivity index is 1.53. The summed E-state index contributed by atoms with van der Waals surface area (Å²) < 4.78 is 0. The third kappa shape index (κ3) is 3.88. The molecule has 0 bridgehead atoms. The van der Waals surface area contributed by atoms with Crippen LogP contribution in [0.1, 0.15) is 85.5 Å². The normalized spacial score (nSPS) is 51.3. The van der Waals surface area contributed by atoms with Gasteiger partial charge in [-0.2, -0.15) is 0 Å². The highest BCUT2D eigenvalue weighted by atomic mass is 16.3. The molecule has 4 saturated carbocycles. The van der Waals surface area contributed by atoms with E-state index in [0.29, 0.717) is 36.0 Å². The highest BCUT2D eigenvalue weighted by molar-refractivity contribution is 5.14. The zero-order chi connectivity index (χ0) is 23.4. The molecule has 4 rings (SSSR count). The molecule has 0 amide bonds. The monoisotopic (exact) mass is 452 g/mol. The molecule has 0 spiro atoms. The number of fused-ring (bicyclic) bond motifs is 5. The first-order chi connectivity index (χ1) is 15.0. The molecule has 0 aromatic carbocycles. The van der Waals surface area contributed by atoms with Gasteiger partial charge in [-0.05, 0) is 104 Å². The van der Waals surface area contributed by atoms with Gasteiger partial charge in [-0.15, -0.1) is 0 Å². The van der Waals surface area contributed by atoms with E-state index < -0.39 is 6.10 Å². The summed E-state index contributed by atoms with van der Waals surface area (Å²) in [7, 11) is 0. The van der Waals surface area contributed by atoms with Gasteiger partial charge in [0.1, 0.15) is 0 Å². The van der Waals surface area contributed by atoms with Crippen molar-refractivity contribution >= 4 is 0 Å². The van der Waals surface area contributed by atoms with E-state index in [2.05, 4.69) is 20.8 Å². The van der Waals surface area contributed by atoms with Gasteiger partial charge < -0.3 is 25.5 Å². The molecular formula is C27H48O5. The topological polar surface area (TPSA) is 101 Å². The average molecular weight is 453 g/mol. The summed E-state index contributed by atoms with van der Waals surface area (Å²) in [5.41, 5.74) is -0.0772. The lowest BCUT2D eigenvalue weighted by Crippen LogP contribution is -2.62. The molecule has 5 nitrogen and oxygen atoms in total. The summed E-state index contributed by atoms with van der Waals surface area (Å²) in [6.07, 6.45) is 6.54. The first kappa shape index (κ1) is 24.9. The van der Waals surface area contributed by atoms with Crippen LogP contribution >= 0.6 is 0 Å². The molecule has 4 fully saturated rings. The lowest BCUT2D eigenvalue weighted by molar-refractivity contribution is -0.207. The molecule has 0 radical (unpaired) electrons. The second kappa shape index (κ2) is 9.11. The fraction of sp³-hybridized carbons (Fsp3) is 1.00. The number of hydrogen-bond acceptors (Lipinski definition) is 5. The Morgan fingerprint density at radius 3 is 2.31 bits per heavy atom. The smallest absolute Gasteiger partial charge is 0.0602 e. The van der Waals surface area contributed by atoms with E-state index in [1.807, 2.05) is 6.92 Å². The molecule has 4 aliphatic rings. The summed E-state index contributed by atoms with van der Waals surface area (Å²) in [5.74, 6) is 1.96. The molecule has 13 atom stereocenters. The van der Waals surface area contributed by atoms with E-state index in [1.165, 1.54) is 0 Å². The second-order valence-electron chi connectivity index (χ2n) is 12.8. The standard InChI is InChI=1S/C27H48O5/c1-15(5-8-22(30)16(2)14-28)19-6-7-20-25-21(13-24(32)27(19,20)4)26(3)10-9-18(29)11-17(26)12-23(25)31/h15-25,28-32H,5-14H2,1-4H3/t15-,16+,17+,18-,19-,20+,21+,22?,23-,24+,25+,26+,27-/m1/s1. The van der Waals surface area contributed by atoms with Crippen molar-refractivity contribution in [2.75, 3.05) is 6.61 Å². The second-order valence-corrected chi connectivity index (χ2v) is 12.8. The number of aliphatic hydroxyl groups excluding tert-OH is 5. The van der Waals surface area contributed by atoms with Gasteiger partial charge in [-0.1, -0.05) is 27.7 Å². The predicted molar refractivity (Wildman–Crippen MR) is 125 cm³/mol. The quantitative estimate of drug-likeness (QED) is 0.425. The third-order valence-electron chi connectivity index (χ3n) is 11.4. The molecular weight excluding hydrogens is 404 g/mol. The summed E-state index contributed by atoms with van der Waals surface area (Å²) in [5, 5.41) is 52.9. The first-order valence-corrected chi connectivity index (χ1v) is 13.4. The number of hydrogen-bond donors (Lipinski definition) is 5. The molecule has 186 valence electrons. The molecule has 5 heteroatoms. The Hall–Kier alpha value is -0.200. The van der Waals surface area contributed by atoms with Crippen LogP contribution in [0.3, 0.4) is 0 Å². The summed E-state index contributed by atoms with van der Waals surface area (Å²) in [6.45, 7) is 8.82. The average Bonchev–Trinajstić information content (AvgIpc) is 3.11. The van der Waals surface area contributed by atoms with Gasteiger partial charge in [0.15, 0.2) is 0 Å². The van der Waals surface area contributed by atoms with Crippen LogP contribution in [0, 0.1) is 52.3 Å². The summed E-state index contributed by atoms with van der Waals surface area (Å²) >= 11 is 0. The highest BCUT2D eigenvalue weighted by Crippen LogP contribution is 2.68. The van der Waals surface area contributed by atoms with Gasteiger partial charge in [0.2, 0.25) is 0 Å². The molecule has 5 N–H and O–H groups in total. The summed E-state index contributed by atoms with van der Waals surface area (Å²) in [6, 6.07) is 0. The van der Waals surface area contributed by atoms with Crippen molar-refractivity contribution in [3.63, 3.8) is 0 Å². The fourth-order valence-corrected chi connectivity index (χ4v) is 9.17. The van der Waals surface area contributed by atoms with Gasteiger partial charge in [0, 0.05) is 12.5 Å². The van der Waals surface area contributed by atoms with Crippen LogP contribution in [-0.4, -0.2) is 56.6 Å². The van der Waals surface area contributed by atoms with E-state index in [0.717, 1.165) is 51.4 Å². The summed E-state index contributed by atoms with van der Waals surface area (Å²) in [4.78, 5) is 0. The van der Waals surface area contributed by atoms with Crippen molar-refractivity contribution in [2.45, 2.75) is 110 Å². The van der Waals surface area contributed by atoms with Gasteiger partial charge in [0.05, 0.1) is 24.4 Å². The van der Waals surface area contributed by atoms with E-state index in [-0.39, 0.29) is 47.6 Å². The lowest BCUT2D eigenvalue weighted by atomic mass is 9.43. The van der Waals surface area contributed by atoms with Gasteiger partial charge >= 0.3 is 0 Å². The van der Waals surface area contributed by atoms with E-state index in [1.54, 1.807) is 0 Å². The van der Waals surface area contributed by atoms with Crippen LogP contribution in [0.2, 0.25) is 0 Å². The van der Waals surface area contributed by atoms with Crippen LogP contribution in [0.25, 0.3) is 0 Å². The van der Waals surface area contributed by atoms with Crippen LogP contribution < -0.4 is 0 Å². The zero-order valence-electron chi connectivity index (χ0n) is 20.7. The van der Waals surface area contributed by atoms with E-state index in [9.17, 15) is 25.5 Å². The minimum atomic E-state index is -0.480. The highest BCUT2D eigenvalue weighted by Gasteiger charge is 2.65. The largest absolute Gasteiger partial charge is 0.396 e. The van der Waals surface area contributed by atoms with Crippen molar-refractivity contribution in [2.24, 2.45) is 52.3 Å². The van der Waals surface area contributed by atoms with Gasteiger partial charge in [-0.25, -0.2) is 0 Å². The van der Waals surface area contributed by atoms with Crippen molar-refractivity contribution in [3.8, 4) is 0 Å². The van der Waals surface area contributed by atoms with E-state index >= 15 is 0 Å². The SMILES string of the molecule is C[C@H](CCC(O)[C@@H](C)CO)[C@H]1CC[C@H]2[C@@H]3[C@H](O)C[C@@H]4C[C@H](O)CC[C@]4(C)[C@H]3C[C@H](O)[C@]12C. The Kier molecular flexibility index (Phi) is 7.09. The van der Waals surface area contributed by atoms with Gasteiger partial charge in [0.25, 0.3) is 0 Å². The zero-order valence-corrected chi connectivity index (χ0v) is 20.7. The van der Waals surface area contributed by atoms with Crippen LogP contribution in [0.4, 0.5) is 0 Å². The van der Waals surface area contributed by atoms with Crippen molar-refractivity contribution < 1.29 is 25.5 Å².